The zero-order chi connectivity index (χ0) is 14.7. The van der Waals surface area contributed by atoms with E-state index in [0.29, 0.717) is 11.1 Å². The van der Waals surface area contributed by atoms with Crippen LogP contribution in [-0.4, -0.2) is 11.0 Å². The largest absolute Gasteiger partial charge is 0.507 e. The van der Waals surface area contributed by atoms with Crippen molar-refractivity contribution in [1.82, 2.24) is 5.32 Å². The van der Waals surface area contributed by atoms with Crippen LogP contribution in [0.5, 0.6) is 5.75 Å². The summed E-state index contributed by atoms with van der Waals surface area (Å²) in [5.41, 5.74) is 2.34. The molecule has 0 aliphatic heterocycles. The molecule has 2 rings (SSSR count). The number of aryl methyl sites for hydroxylation is 2. The van der Waals surface area contributed by atoms with Crippen LogP contribution in [0.25, 0.3) is 0 Å². The van der Waals surface area contributed by atoms with Gasteiger partial charge in [0, 0.05) is 6.54 Å². The molecule has 0 unspecified atom stereocenters. The number of halogens is 1. The summed E-state index contributed by atoms with van der Waals surface area (Å²) in [6.07, 6.45) is 0. The maximum atomic E-state index is 13.4. The normalized spacial score (nSPS) is 10.3. The summed E-state index contributed by atoms with van der Waals surface area (Å²) in [7, 11) is 0. The minimum Gasteiger partial charge on any atom is -0.507 e. The molecule has 0 aliphatic rings. The number of amides is 1. The molecule has 20 heavy (non-hydrogen) atoms. The summed E-state index contributed by atoms with van der Waals surface area (Å²) < 4.78 is 13.4. The van der Waals surface area contributed by atoms with Crippen LogP contribution < -0.4 is 5.32 Å². The first kappa shape index (κ1) is 14.1. The highest BCUT2D eigenvalue weighted by atomic mass is 19.1. The molecule has 2 aromatic rings. The number of hydrogen-bond acceptors (Lipinski definition) is 2. The molecule has 0 bridgehead atoms. The van der Waals surface area contributed by atoms with Gasteiger partial charge in [-0.25, -0.2) is 4.39 Å². The quantitative estimate of drug-likeness (QED) is 0.903. The number of benzene rings is 2. The van der Waals surface area contributed by atoms with Gasteiger partial charge in [0.2, 0.25) is 0 Å². The zero-order valence-electron chi connectivity index (χ0n) is 11.4. The molecule has 0 atom stereocenters. The summed E-state index contributed by atoms with van der Waals surface area (Å²) in [6, 6.07) is 9.64. The predicted octanol–water partition coefficient (Wildman–Crippen LogP) is 3.08. The number of phenolic OH excluding ortho intramolecular Hbond substituents is 1. The number of carbonyl (C=O) groups excluding carboxylic acids is 1. The van der Waals surface area contributed by atoms with E-state index in [4.69, 9.17) is 0 Å². The average molecular weight is 273 g/mol. The Morgan fingerprint density at radius 1 is 1.20 bits per heavy atom. The first-order chi connectivity index (χ1) is 9.47. The summed E-state index contributed by atoms with van der Waals surface area (Å²) in [6.45, 7) is 3.73. The van der Waals surface area contributed by atoms with E-state index < -0.39 is 0 Å². The molecule has 0 spiro atoms. The summed E-state index contributed by atoms with van der Waals surface area (Å²) >= 11 is 0. The van der Waals surface area contributed by atoms with Crippen molar-refractivity contribution < 1.29 is 14.3 Å². The summed E-state index contributed by atoms with van der Waals surface area (Å²) in [4.78, 5) is 12.0. The van der Waals surface area contributed by atoms with Crippen molar-refractivity contribution in [2.75, 3.05) is 0 Å². The van der Waals surface area contributed by atoms with Gasteiger partial charge in [0.1, 0.15) is 11.6 Å². The van der Waals surface area contributed by atoms with Gasteiger partial charge in [0.25, 0.3) is 5.91 Å². The molecule has 104 valence electrons. The Hall–Kier alpha value is -2.36. The van der Waals surface area contributed by atoms with Crippen LogP contribution in [-0.2, 0) is 6.54 Å². The lowest BCUT2D eigenvalue weighted by Crippen LogP contribution is -2.23. The molecule has 4 heteroatoms. The Morgan fingerprint density at radius 3 is 2.65 bits per heavy atom. The Kier molecular flexibility index (Phi) is 4.03. The van der Waals surface area contributed by atoms with Gasteiger partial charge >= 0.3 is 0 Å². The predicted molar refractivity (Wildman–Crippen MR) is 75.2 cm³/mol. The van der Waals surface area contributed by atoms with Crippen molar-refractivity contribution in [2.24, 2.45) is 0 Å². The minimum absolute atomic E-state index is 0.0665. The van der Waals surface area contributed by atoms with Crippen LogP contribution in [0, 0.1) is 19.7 Å². The highest BCUT2D eigenvalue weighted by molar-refractivity contribution is 5.96. The molecular weight excluding hydrogens is 257 g/mol. The molecule has 0 aromatic heterocycles. The third-order valence-electron chi connectivity index (χ3n) is 3.09. The van der Waals surface area contributed by atoms with E-state index >= 15 is 0 Å². The van der Waals surface area contributed by atoms with Crippen molar-refractivity contribution >= 4 is 5.91 Å². The lowest BCUT2D eigenvalue weighted by molar-refractivity contribution is 0.0948. The number of carbonyl (C=O) groups is 1. The van der Waals surface area contributed by atoms with Crippen LogP contribution >= 0.6 is 0 Å². The molecule has 2 aromatic carbocycles. The Bertz CT molecular complexity index is 653. The van der Waals surface area contributed by atoms with Crippen LogP contribution in [0.3, 0.4) is 0 Å². The van der Waals surface area contributed by atoms with Crippen molar-refractivity contribution in [3.05, 3.63) is 64.5 Å². The van der Waals surface area contributed by atoms with Gasteiger partial charge in [0.15, 0.2) is 0 Å². The summed E-state index contributed by atoms with van der Waals surface area (Å²) in [5, 5.41) is 12.3. The molecule has 3 nitrogen and oxygen atoms in total. The fourth-order valence-electron chi connectivity index (χ4n) is 1.86. The first-order valence-corrected chi connectivity index (χ1v) is 6.30. The topological polar surface area (TPSA) is 49.3 Å². The Balaban J connectivity index is 2.08. The van der Waals surface area contributed by atoms with E-state index in [1.165, 1.54) is 12.1 Å². The van der Waals surface area contributed by atoms with Gasteiger partial charge in [-0.3, -0.25) is 4.79 Å². The van der Waals surface area contributed by atoms with Gasteiger partial charge in [-0.2, -0.15) is 0 Å². The lowest BCUT2D eigenvalue weighted by atomic mass is 10.1. The maximum absolute atomic E-state index is 13.4. The van der Waals surface area contributed by atoms with Crippen molar-refractivity contribution in [3.8, 4) is 5.75 Å². The molecule has 0 radical (unpaired) electrons. The first-order valence-electron chi connectivity index (χ1n) is 6.30. The second kappa shape index (κ2) is 5.74. The SMILES string of the molecule is Cc1ccc(O)c(C(=O)NCc2ccc(C)c(F)c2)c1. The standard InChI is InChI=1S/C16H16FNO2/c1-10-3-6-15(19)13(7-10)16(20)18-9-12-5-4-11(2)14(17)8-12/h3-8,19H,9H2,1-2H3,(H,18,20). The number of phenols is 1. The second-order valence-corrected chi connectivity index (χ2v) is 4.79. The molecule has 0 saturated heterocycles. The highest BCUT2D eigenvalue weighted by Gasteiger charge is 2.11. The number of rotatable bonds is 3. The van der Waals surface area contributed by atoms with Gasteiger partial charge in [-0.15, -0.1) is 0 Å². The fraction of sp³-hybridized carbons (Fsp3) is 0.188. The van der Waals surface area contributed by atoms with Crippen molar-refractivity contribution in [2.45, 2.75) is 20.4 Å². The van der Waals surface area contributed by atoms with Gasteiger partial charge < -0.3 is 10.4 Å². The molecule has 1 amide bonds. The lowest BCUT2D eigenvalue weighted by Gasteiger charge is -2.08. The monoisotopic (exact) mass is 273 g/mol. The highest BCUT2D eigenvalue weighted by Crippen LogP contribution is 2.18. The molecule has 0 heterocycles. The smallest absolute Gasteiger partial charge is 0.255 e. The van der Waals surface area contributed by atoms with E-state index in [1.807, 2.05) is 6.92 Å². The van der Waals surface area contributed by atoms with E-state index in [1.54, 1.807) is 31.2 Å². The fourth-order valence-corrected chi connectivity index (χ4v) is 1.86. The van der Waals surface area contributed by atoms with Crippen molar-refractivity contribution in [1.29, 1.82) is 0 Å². The number of aromatic hydroxyl groups is 1. The molecule has 0 aliphatic carbocycles. The Labute approximate surface area is 117 Å². The average Bonchev–Trinajstić information content (AvgIpc) is 2.42. The number of nitrogens with one attached hydrogen (secondary N) is 1. The zero-order valence-corrected chi connectivity index (χ0v) is 11.4. The van der Waals surface area contributed by atoms with E-state index in [0.717, 1.165) is 5.56 Å². The Morgan fingerprint density at radius 2 is 1.95 bits per heavy atom. The van der Waals surface area contributed by atoms with Crippen LogP contribution in [0.2, 0.25) is 0 Å². The third kappa shape index (κ3) is 3.15. The maximum Gasteiger partial charge on any atom is 0.255 e. The van der Waals surface area contributed by atoms with Gasteiger partial charge in [-0.1, -0.05) is 23.8 Å². The third-order valence-corrected chi connectivity index (χ3v) is 3.09. The van der Waals surface area contributed by atoms with E-state index in [-0.39, 0.29) is 29.6 Å². The van der Waals surface area contributed by atoms with Gasteiger partial charge in [0.05, 0.1) is 5.56 Å². The molecule has 0 saturated carbocycles. The summed E-state index contributed by atoms with van der Waals surface area (Å²) in [5.74, 6) is -0.745. The van der Waals surface area contributed by atoms with Crippen LogP contribution in [0.1, 0.15) is 27.0 Å². The van der Waals surface area contributed by atoms with E-state index in [9.17, 15) is 14.3 Å². The molecular formula is C16H16FNO2. The second-order valence-electron chi connectivity index (χ2n) is 4.79. The van der Waals surface area contributed by atoms with Crippen molar-refractivity contribution in [3.63, 3.8) is 0 Å². The number of hydrogen-bond donors (Lipinski definition) is 2. The molecule has 2 N–H and O–H groups in total. The molecule has 0 fully saturated rings. The minimum atomic E-state index is -0.382. The van der Waals surface area contributed by atoms with Crippen LogP contribution in [0.4, 0.5) is 4.39 Å². The van der Waals surface area contributed by atoms with E-state index in [2.05, 4.69) is 5.32 Å². The van der Waals surface area contributed by atoms with Gasteiger partial charge in [-0.05, 0) is 43.2 Å². The van der Waals surface area contributed by atoms with Crippen LogP contribution in [0.15, 0.2) is 36.4 Å².